The number of ether oxygens (including phenoxy) is 1. The van der Waals surface area contributed by atoms with Gasteiger partial charge in [-0.25, -0.2) is 9.59 Å². The number of hydrogen-bond acceptors (Lipinski definition) is 3. The monoisotopic (exact) mass is 370 g/mol. The molecule has 0 fully saturated rings. The van der Waals surface area contributed by atoms with Crippen LogP contribution < -0.4 is 0 Å². The molecule has 0 aliphatic carbocycles. The predicted octanol–water partition coefficient (Wildman–Crippen LogP) is 1.38. The molecule has 0 rings (SSSR count). The summed E-state index contributed by atoms with van der Waals surface area (Å²) in [5.41, 5.74) is 0.609. The average molecular weight is 370 g/mol. The molecule has 0 heterocycles. The van der Waals surface area contributed by atoms with Gasteiger partial charge in [-0.1, -0.05) is 13.2 Å². The van der Waals surface area contributed by atoms with Crippen molar-refractivity contribution in [1.29, 1.82) is 0 Å². The van der Waals surface area contributed by atoms with E-state index in [1.807, 2.05) is 0 Å². The Bertz CT molecular complexity index is 221. The van der Waals surface area contributed by atoms with Gasteiger partial charge in [0.05, 0.1) is 7.11 Å². The van der Waals surface area contributed by atoms with Crippen LogP contribution in [0.15, 0.2) is 24.3 Å². The molecule has 1 N–H and O–H groups in total. The van der Waals surface area contributed by atoms with Gasteiger partial charge < -0.3 is 9.84 Å². The van der Waals surface area contributed by atoms with E-state index in [4.69, 9.17) is 5.11 Å². The molecule has 0 aromatic carbocycles. The van der Waals surface area contributed by atoms with Crippen LogP contribution in [-0.4, -0.2) is 24.2 Å². The Hall–Kier alpha value is -0.892. The summed E-state index contributed by atoms with van der Waals surface area (Å²) in [5, 5.41) is 7.89. The second-order valence-electron chi connectivity index (χ2n) is 2.36. The number of esters is 1. The minimum atomic E-state index is -0.935. The van der Waals surface area contributed by atoms with Crippen LogP contribution in [0.5, 0.6) is 0 Å². The zero-order valence-corrected chi connectivity index (χ0v) is 11.4. The number of carbonyl (C=O) groups is 2. The fourth-order valence-corrected chi connectivity index (χ4v) is 0.174. The fraction of sp³-hybridized carbons (Fsp3) is 0.333. The number of carboxylic acids is 1. The topological polar surface area (TPSA) is 63.6 Å². The molecule has 0 bridgehead atoms. The summed E-state index contributed by atoms with van der Waals surface area (Å²) in [6.07, 6.45) is 0. The van der Waals surface area contributed by atoms with Crippen molar-refractivity contribution in [1.82, 2.24) is 0 Å². The van der Waals surface area contributed by atoms with Crippen LogP contribution in [0.4, 0.5) is 0 Å². The van der Waals surface area contributed by atoms with Crippen molar-refractivity contribution in [3.63, 3.8) is 0 Å². The van der Waals surface area contributed by atoms with Crippen LogP contribution in [0.25, 0.3) is 0 Å². The van der Waals surface area contributed by atoms with E-state index in [0.717, 1.165) is 0 Å². The van der Waals surface area contributed by atoms with Crippen molar-refractivity contribution >= 4 is 11.9 Å². The summed E-state index contributed by atoms with van der Waals surface area (Å²) < 4.78 is 4.27. The molecule has 0 amide bonds. The minimum Gasteiger partial charge on any atom is -0.478 e. The van der Waals surface area contributed by atoms with Gasteiger partial charge in [-0.05, 0) is 13.8 Å². The molecule has 0 radical (unpaired) electrons. The number of carbonyl (C=O) groups excluding carboxylic acids is 1. The molecular weight excluding hydrogens is 356 g/mol. The molecule has 14 heavy (non-hydrogen) atoms. The van der Waals surface area contributed by atoms with Crippen LogP contribution in [0.1, 0.15) is 13.8 Å². The molecule has 0 aromatic heterocycles. The first-order valence-corrected chi connectivity index (χ1v) is 3.45. The van der Waals surface area contributed by atoms with Crippen molar-refractivity contribution in [3.05, 3.63) is 24.3 Å². The Balaban J connectivity index is -0.000000163. The normalized spacial score (nSPS) is 7.07. The van der Waals surface area contributed by atoms with Crippen LogP contribution in [0.3, 0.4) is 0 Å². The number of aliphatic carboxylic acids is 1. The van der Waals surface area contributed by atoms with Gasteiger partial charge in [0.25, 0.3) is 0 Å². The molecule has 4 nitrogen and oxygen atoms in total. The smallest absolute Gasteiger partial charge is 0.332 e. The molecule has 0 aliphatic rings. The summed E-state index contributed by atoms with van der Waals surface area (Å²) >= 11 is 0. The Morgan fingerprint density at radius 3 is 1.43 bits per heavy atom. The van der Waals surface area contributed by atoms with E-state index in [-0.39, 0.29) is 32.6 Å². The quantitative estimate of drug-likeness (QED) is 0.590. The molecular formula is C9H14O4W. The van der Waals surface area contributed by atoms with Crippen LogP contribution in [-0.2, 0) is 35.4 Å². The Morgan fingerprint density at radius 2 is 1.43 bits per heavy atom. The average Bonchev–Trinajstić information content (AvgIpc) is 2.03. The Kier molecular flexibility index (Phi) is 13.7. The fourth-order valence-electron chi connectivity index (χ4n) is 0.174. The molecule has 0 saturated carbocycles. The standard InChI is InChI=1S/C5H8O2.C4H6O2.W/c1-4(2)5(6)7-3;1-3(2)4(5)6;/h1H2,2-3H3;1H2,2H3,(H,5,6);. The zero-order chi connectivity index (χ0) is 11.0. The summed E-state index contributed by atoms with van der Waals surface area (Å²) in [5.74, 6) is -1.28. The molecule has 0 aliphatic heterocycles. The summed E-state index contributed by atoms with van der Waals surface area (Å²) in [6.45, 7) is 9.56. The van der Waals surface area contributed by atoms with E-state index in [0.29, 0.717) is 5.57 Å². The van der Waals surface area contributed by atoms with E-state index in [2.05, 4.69) is 17.9 Å². The van der Waals surface area contributed by atoms with Crippen molar-refractivity contribution in [2.75, 3.05) is 7.11 Å². The first-order valence-electron chi connectivity index (χ1n) is 3.45. The maximum atomic E-state index is 10.2. The molecule has 5 heteroatoms. The van der Waals surface area contributed by atoms with Crippen LogP contribution in [0, 0.1) is 0 Å². The summed E-state index contributed by atoms with van der Waals surface area (Å²) in [7, 11) is 1.33. The van der Waals surface area contributed by atoms with Gasteiger partial charge in [0.2, 0.25) is 0 Å². The van der Waals surface area contributed by atoms with Gasteiger partial charge in [-0.15, -0.1) is 0 Å². The van der Waals surface area contributed by atoms with Gasteiger partial charge in [0, 0.05) is 32.2 Å². The zero-order valence-electron chi connectivity index (χ0n) is 8.49. The number of hydrogen-bond donors (Lipinski definition) is 1. The molecule has 0 spiro atoms. The number of carboxylic acid groups (broad SMARTS) is 1. The first-order chi connectivity index (χ1) is 5.82. The van der Waals surface area contributed by atoms with Crippen molar-refractivity contribution in [2.24, 2.45) is 0 Å². The molecule has 0 unspecified atom stereocenters. The van der Waals surface area contributed by atoms with Crippen molar-refractivity contribution < 1.29 is 40.5 Å². The van der Waals surface area contributed by atoms with Crippen LogP contribution in [0.2, 0.25) is 0 Å². The summed E-state index contributed by atoms with van der Waals surface area (Å²) in [4.78, 5) is 19.8. The maximum Gasteiger partial charge on any atom is 0.332 e. The maximum absolute atomic E-state index is 10.2. The van der Waals surface area contributed by atoms with Gasteiger partial charge in [0.15, 0.2) is 0 Å². The first kappa shape index (κ1) is 18.8. The van der Waals surface area contributed by atoms with E-state index in [9.17, 15) is 9.59 Å². The van der Waals surface area contributed by atoms with E-state index in [1.165, 1.54) is 14.0 Å². The van der Waals surface area contributed by atoms with Gasteiger partial charge in [-0.3, -0.25) is 0 Å². The summed E-state index contributed by atoms with van der Waals surface area (Å²) in [6, 6.07) is 0. The third-order valence-corrected chi connectivity index (χ3v) is 0.899. The third-order valence-electron chi connectivity index (χ3n) is 0.899. The third kappa shape index (κ3) is 13.7. The second-order valence-corrected chi connectivity index (χ2v) is 2.36. The van der Waals surface area contributed by atoms with Crippen molar-refractivity contribution in [3.8, 4) is 0 Å². The Morgan fingerprint density at radius 1 is 1.14 bits per heavy atom. The van der Waals surface area contributed by atoms with Gasteiger partial charge in [0.1, 0.15) is 0 Å². The van der Waals surface area contributed by atoms with E-state index < -0.39 is 5.97 Å². The molecule has 80 valence electrons. The minimum absolute atomic E-state index is 0. The number of methoxy groups -OCH3 is 1. The Labute approximate surface area is 97.9 Å². The van der Waals surface area contributed by atoms with Crippen molar-refractivity contribution in [2.45, 2.75) is 13.8 Å². The molecule has 0 atom stereocenters. The SMILES string of the molecule is C=C(C)C(=O)O.C=C(C)C(=O)OC.[W]. The molecule has 0 aromatic rings. The number of rotatable bonds is 2. The van der Waals surface area contributed by atoms with Gasteiger partial charge >= 0.3 is 11.9 Å². The second kappa shape index (κ2) is 10.2. The molecule has 0 saturated heterocycles. The van der Waals surface area contributed by atoms with Crippen LogP contribution >= 0.6 is 0 Å². The predicted molar refractivity (Wildman–Crippen MR) is 49.3 cm³/mol. The van der Waals surface area contributed by atoms with E-state index >= 15 is 0 Å². The van der Waals surface area contributed by atoms with E-state index in [1.54, 1.807) is 6.92 Å². The van der Waals surface area contributed by atoms with Gasteiger partial charge in [-0.2, -0.15) is 0 Å². The largest absolute Gasteiger partial charge is 0.478 e.